The number of hydrogen-bond acceptors (Lipinski definition) is 1. The summed E-state index contributed by atoms with van der Waals surface area (Å²) in [6.07, 6.45) is 6.65. The van der Waals surface area contributed by atoms with Crippen molar-refractivity contribution in [2.75, 3.05) is 6.54 Å². The molecule has 2 aromatic rings. The summed E-state index contributed by atoms with van der Waals surface area (Å²) in [4.78, 5) is 9.31. The SMILES string of the molecule is CC(F)CN[C-]=O.[CH2-]C1(C[CH-]Cc2cc(C)cc(-c3ccccc3)c2F)CC1.[Li+]. The summed E-state index contributed by atoms with van der Waals surface area (Å²) in [5.41, 5.74) is 3.79. The maximum atomic E-state index is 14.7. The van der Waals surface area contributed by atoms with E-state index in [9.17, 15) is 13.6 Å². The Kier molecular flexibility index (Phi) is 10.6. The zero-order valence-corrected chi connectivity index (χ0v) is 17.6. The molecule has 29 heavy (non-hydrogen) atoms. The molecule has 5 heteroatoms. The van der Waals surface area contributed by atoms with Crippen LogP contribution < -0.4 is 24.2 Å². The standard InChI is InChI=1S/C20H21F.C4H7FNO.Li/c1-15-13-17(9-6-10-20(2)11-12-20)19(21)18(14-15)16-7-4-3-5-8-16;1-4(5)2-6-3-7;/h3-8,13-14H,2,9-12H2,1H3;4H,2H2,1H3,(H,6,7);/q-2;-1;+1. The Hall–Kier alpha value is -1.63. The number of benzene rings is 2. The third-order valence-corrected chi connectivity index (χ3v) is 4.73. The van der Waals surface area contributed by atoms with E-state index in [0.717, 1.165) is 23.1 Å². The minimum atomic E-state index is -0.971. The van der Waals surface area contributed by atoms with Crippen molar-refractivity contribution >= 4 is 6.41 Å². The Balaban J connectivity index is 0.000000456. The van der Waals surface area contributed by atoms with Gasteiger partial charge in [0.05, 0.1) is 0 Å². The molecule has 2 nitrogen and oxygen atoms in total. The van der Waals surface area contributed by atoms with Gasteiger partial charge in [-0.2, -0.15) is 18.2 Å². The average molecular weight is 391 g/mol. The number of rotatable bonds is 8. The summed E-state index contributed by atoms with van der Waals surface area (Å²) in [5.74, 6) is -0.0861. The van der Waals surface area contributed by atoms with E-state index < -0.39 is 6.17 Å². The van der Waals surface area contributed by atoms with Crippen LogP contribution in [0.1, 0.15) is 37.3 Å². The fraction of sp³-hybridized carbons (Fsp3) is 0.375. The van der Waals surface area contributed by atoms with Crippen molar-refractivity contribution in [1.29, 1.82) is 0 Å². The zero-order chi connectivity index (χ0) is 20.6. The molecule has 0 aliphatic heterocycles. The van der Waals surface area contributed by atoms with Crippen molar-refractivity contribution in [3.05, 3.63) is 72.8 Å². The molecule has 1 unspecified atom stereocenters. The van der Waals surface area contributed by atoms with Crippen LogP contribution in [-0.2, 0) is 11.2 Å². The van der Waals surface area contributed by atoms with Crippen molar-refractivity contribution < 1.29 is 32.4 Å². The maximum absolute atomic E-state index is 14.7. The van der Waals surface area contributed by atoms with Crippen LogP contribution in [0.25, 0.3) is 11.1 Å². The van der Waals surface area contributed by atoms with Crippen LogP contribution in [-0.4, -0.2) is 19.1 Å². The van der Waals surface area contributed by atoms with E-state index in [-0.39, 0.29) is 36.6 Å². The third-order valence-electron chi connectivity index (χ3n) is 4.73. The number of aryl methyl sites for hydroxylation is 1. The fourth-order valence-electron chi connectivity index (χ4n) is 2.92. The number of halogens is 2. The molecule has 0 aromatic heterocycles. The Bertz CT molecular complexity index is 761. The summed E-state index contributed by atoms with van der Waals surface area (Å²) in [7, 11) is 0. The van der Waals surface area contributed by atoms with Gasteiger partial charge >= 0.3 is 18.9 Å². The van der Waals surface area contributed by atoms with Gasteiger partial charge in [0.1, 0.15) is 12.0 Å². The number of hydrogen-bond donors (Lipinski definition) is 1. The van der Waals surface area contributed by atoms with Gasteiger partial charge in [-0.3, -0.25) is 0 Å². The van der Waals surface area contributed by atoms with Gasteiger partial charge in [0.25, 0.3) is 0 Å². The summed E-state index contributed by atoms with van der Waals surface area (Å²) in [6, 6.07) is 13.7. The molecule has 1 N–H and O–H groups in total. The van der Waals surface area contributed by atoms with Crippen LogP contribution in [0, 0.1) is 31.5 Å². The van der Waals surface area contributed by atoms with Crippen LogP contribution in [0.3, 0.4) is 0 Å². The molecular weight excluding hydrogens is 363 g/mol. The van der Waals surface area contributed by atoms with Crippen LogP contribution >= 0.6 is 0 Å². The van der Waals surface area contributed by atoms with Gasteiger partial charge < -0.3 is 23.5 Å². The predicted molar refractivity (Wildman–Crippen MR) is 110 cm³/mol. The molecule has 2 aromatic carbocycles. The van der Waals surface area contributed by atoms with Crippen molar-refractivity contribution in [3.8, 4) is 11.1 Å². The minimum Gasteiger partial charge on any atom is -0.528 e. The van der Waals surface area contributed by atoms with E-state index in [4.69, 9.17) is 0 Å². The van der Waals surface area contributed by atoms with Gasteiger partial charge in [-0.05, 0) is 31.0 Å². The molecule has 0 spiro atoms. The van der Waals surface area contributed by atoms with Crippen molar-refractivity contribution in [2.45, 2.75) is 45.7 Å². The van der Waals surface area contributed by atoms with E-state index in [0.29, 0.717) is 12.0 Å². The summed E-state index contributed by atoms with van der Waals surface area (Å²) in [5, 5.41) is 2.07. The number of nitrogens with one attached hydrogen (secondary N) is 1. The normalized spacial score (nSPS) is 14.7. The van der Waals surface area contributed by atoms with E-state index in [2.05, 4.69) is 18.7 Å². The second kappa shape index (κ2) is 12.2. The van der Waals surface area contributed by atoms with Gasteiger partial charge in [-0.1, -0.05) is 54.8 Å². The molecule has 1 saturated carbocycles. The summed E-state index contributed by atoms with van der Waals surface area (Å²) >= 11 is 0. The number of amides is 1. The fourth-order valence-corrected chi connectivity index (χ4v) is 2.92. The van der Waals surface area contributed by atoms with Crippen LogP contribution in [0.5, 0.6) is 0 Å². The van der Waals surface area contributed by atoms with Gasteiger partial charge in [0.2, 0.25) is 0 Å². The first-order valence-corrected chi connectivity index (χ1v) is 9.60. The molecule has 152 valence electrons. The molecule has 1 amide bonds. The summed E-state index contributed by atoms with van der Waals surface area (Å²) < 4.78 is 26.4. The van der Waals surface area contributed by atoms with Gasteiger partial charge in [-0.25, -0.2) is 15.2 Å². The topological polar surface area (TPSA) is 29.1 Å². The molecule has 1 fully saturated rings. The van der Waals surface area contributed by atoms with Crippen LogP contribution in [0.4, 0.5) is 8.78 Å². The molecule has 0 bridgehead atoms. The molecule has 0 saturated heterocycles. The second-order valence-corrected chi connectivity index (χ2v) is 7.61. The molecule has 0 heterocycles. The van der Waals surface area contributed by atoms with Crippen molar-refractivity contribution in [1.82, 2.24) is 5.32 Å². The average Bonchev–Trinajstić information content (AvgIpc) is 3.41. The Morgan fingerprint density at radius 2 is 1.93 bits per heavy atom. The third kappa shape index (κ3) is 8.72. The first-order valence-electron chi connectivity index (χ1n) is 9.60. The van der Waals surface area contributed by atoms with E-state index >= 15 is 0 Å². The molecule has 1 aliphatic carbocycles. The Morgan fingerprint density at radius 1 is 1.28 bits per heavy atom. The smallest absolute Gasteiger partial charge is 0.528 e. The number of alkyl halides is 1. The quantitative estimate of drug-likeness (QED) is 0.418. The Labute approximate surface area is 185 Å². The van der Waals surface area contributed by atoms with E-state index in [1.807, 2.05) is 49.4 Å². The van der Waals surface area contributed by atoms with E-state index in [1.165, 1.54) is 26.2 Å². The molecule has 0 radical (unpaired) electrons. The predicted octanol–water partition coefficient (Wildman–Crippen LogP) is 2.56. The summed E-state index contributed by atoms with van der Waals surface area (Å²) in [6.45, 7) is 7.64. The molecule has 1 atom stereocenters. The maximum Gasteiger partial charge on any atom is 1.00 e. The zero-order valence-electron chi connectivity index (χ0n) is 17.6. The minimum absolute atomic E-state index is 0. The Morgan fingerprint density at radius 3 is 2.45 bits per heavy atom. The number of carbonyl (C=O) groups excluding carboxylic acids is 1. The first kappa shape index (κ1) is 25.4. The van der Waals surface area contributed by atoms with Gasteiger partial charge in [-0.15, -0.1) is 0 Å². The van der Waals surface area contributed by atoms with Crippen molar-refractivity contribution in [3.63, 3.8) is 0 Å². The molecule has 3 rings (SSSR count). The van der Waals surface area contributed by atoms with Gasteiger partial charge in [0, 0.05) is 12.1 Å². The molecule has 1 aliphatic rings. The van der Waals surface area contributed by atoms with Crippen molar-refractivity contribution in [2.24, 2.45) is 5.41 Å². The van der Waals surface area contributed by atoms with E-state index in [1.54, 1.807) is 0 Å². The second-order valence-electron chi connectivity index (χ2n) is 7.61. The largest absolute Gasteiger partial charge is 1.00 e. The van der Waals surface area contributed by atoms with Gasteiger partial charge in [0.15, 0.2) is 0 Å². The monoisotopic (exact) mass is 391 g/mol. The molecular formula is C24H28F2LiNO-2. The first-order chi connectivity index (χ1) is 13.3. The van der Waals surface area contributed by atoms with Crippen LogP contribution in [0.2, 0.25) is 0 Å². The van der Waals surface area contributed by atoms with Crippen LogP contribution in [0.15, 0.2) is 42.5 Å².